The van der Waals surface area contributed by atoms with Crippen LogP contribution >= 0.6 is 0 Å². The number of fused-ring (bicyclic) bond motifs is 1. The van der Waals surface area contributed by atoms with Gasteiger partial charge in [0, 0.05) is 12.2 Å². The smallest absolute Gasteiger partial charge is 0.262 e. The summed E-state index contributed by atoms with van der Waals surface area (Å²) < 4.78 is 27.9. The van der Waals surface area contributed by atoms with E-state index in [0.29, 0.717) is 10.6 Å². The summed E-state index contributed by atoms with van der Waals surface area (Å²) in [5.41, 5.74) is 3.48. The van der Waals surface area contributed by atoms with E-state index >= 15 is 0 Å². The van der Waals surface area contributed by atoms with Gasteiger partial charge in [0.25, 0.3) is 10.0 Å². The fourth-order valence-electron chi connectivity index (χ4n) is 2.66. The van der Waals surface area contributed by atoms with Crippen LogP contribution in [-0.2, 0) is 16.4 Å². The Labute approximate surface area is 125 Å². The highest BCUT2D eigenvalue weighted by atomic mass is 32.2. The number of hydrogen-bond acceptors (Lipinski definition) is 3. The van der Waals surface area contributed by atoms with E-state index < -0.39 is 10.0 Å². The molecule has 4 nitrogen and oxygen atoms in total. The van der Waals surface area contributed by atoms with E-state index in [1.165, 1.54) is 0 Å². The van der Waals surface area contributed by atoms with Crippen molar-refractivity contribution in [2.24, 2.45) is 0 Å². The minimum Gasteiger partial charge on any atom is -0.385 e. The van der Waals surface area contributed by atoms with Gasteiger partial charge in [0.15, 0.2) is 0 Å². The van der Waals surface area contributed by atoms with Gasteiger partial charge in [0.1, 0.15) is 0 Å². The van der Waals surface area contributed by atoms with Gasteiger partial charge in [-0.05, 0) is 49.1 Å². The van der Waals surface area contributed by atoms with Crippen LogP contribution in [0.25, 0.3) is 0 Å². The van der Waals surface area contributed by atoms with Crippen LogP contribution in [0.2, 0.25) is 0 Å². The predicted octanol–water partition coefficient (Wildman–Crippen LogP) is 3.15. The normalized spacial score (nSPS) is 14.1. The molecule has 1 aliphatic heterocycles. The molecule has 21 heavy (non-hydrogen) atoms. The van der Waals surface area contributed by atoms with Crippen molar-refractivity contribution in [1.82, 2.24) is 0 Å². The number of nitrogens with one attached hydrogen (secondary N) is 2. The number of aryl methyl sites for hydroxylation is 1. The van der Waals surface area contributed by atoms with E-state index in [-0.39, 0.29) is 0 Å². The van der Waals surface area contributed by atoms with Gasteiger partial charge < -0.3 is 5.32 Å². The number of sulfonamides is 1. The number of benzene rings is 2. The maximum absolute atomic E-state index is 12.6. The average molecular weight is 302 g/mol. The second kappa shape index (κ2) is 5.41. The van der Waals surface area contributed by atoms with Crippen LogP contribution in [0.5, 0.6) is 0 Å². The Hall–Kier alpha value is -2.01. The third kappa shape index (κ3) is 2.74. The van der Waals surface area contributed by atoms with Gasteiger partial charge in [-0.1, -0.05) is 24.3 Å². The molecule has 0 aromatic heterocycles. The zero-order valence-corrected chi connectivity index (χ0v) is 12.7. The van der Waals surface area contributed by atoms with Crippen molar-refractivity contribution in [3.63, 3.8) is 0 Å². The van der Waals surface area contributed by atoms with Gasteiger partial charge in [0.05, 0.1) is 10.6 Å². The summed E-state index contributed by atoms with van der Waals surface area (Å²) in [6.07, 6.45) is 1.89. The van der Waals surface area contributed by atoms with Gasteiger partial charge in [-0.25, -0.2) is 8.42 Å². The van der Waals surface area contributed by atoms with E-state index in [9.17, 15) is 8.42 Å². The SMILES string of the molecule is Cc1ccccc1S(=O)(=O)Nc1cccc2c1CCCN2. The average Bonchev–Trinajstić information content (AvgIpc) is 2.47. The van der Waals surface area contributed by atoms with Crippen LogP contribution in [0.4, 0.5) is 11.4 Å². The van der Waals surface area contributed by atoms with Crippen LogP contribution in [-0.4, -0.2) is 15.0 Å². The molecule has 0 fully saturated rings. The van der Waals surface area contributed by atoms with E-state index in [4.69, 9.17) is 0 Å². The molecular weight excluding hydrogens is 284 g/mol. The van der Waals surface area contributed by atoms with Crippen molar-refractivity contribution in [3.8, 4) is 0 Å². The van der Waals surface area contributed by atoms with Gasteiger partial charge in [-0.3, -0.25) is 4.72 Å². The minimum atomic E-state index is -3.56. The first-order valence-corrected chi connectivity index (χ1v) is 8.50. The van der Waals surface area contributed by atoms with Crippen LogP contribution in [0.3, 0.4) is 0 Å². The number of anilines is 2. The molecule has 3 rings (SSSR count). The van der Waals surface area contributed by atoms with E-state index in [1.54, 1.807) is 25.1 Å². The first kappa shape index (κ1) is 13.9. The molecule has 1 aliphatic rings. The molecule has 0 saturated heterocycles. The van der Waals surface area contributed by atoms with Crippen molar-refractivity contribution in [1.29, 1.82) is 0 Å². The van der Waals surface area contributed by atoms with Crippen LogP contribution in [0, 0.1) is 6.92 Å². The lowest BCUT2D eigenvalue weighted by Gasteiger charge is -2.21. The van der Waals surface area contributed by atoms with Crippen molar-refractivity contribution < 1.29 is 8.42 Å². The Morgan fingerprint density at radius 1 is 1.10 bits per heavy atom. The second-order valence-corrected chi connectivity index (χ2v) is 6.88. The monoisotopic (exact) mass is 302 g/mol. The highest BCUT2D eigenvalue weighted by molar-refractivity contribution is 7.92. The fraction of sp³-hybridized carbons (Fsp3) is 0.250. The van der Waals surface area contributed by atoms with E-state index in [1.807, 2.05) is 24.3 Å². The molecule has 0 unspecified atom stereocenters. The molecule has 1 heterocycles. The van der Waals surface area contributed by atoms with Gasteiger partial charge in [-0.2, -0.15) is 0 Å². The first-order valence-electron chi connectivity index (χ1n) is 7.02. The Morgan fingerprint density at radius 3 is 2.71 bits per heavy atom. The molecular formula is C16H18N2O2S. The molecule has 0 aliphatic carbocycles. The largest absolute Gasteiger partial charge is 0.385 e. The Morgan fingerprint density at radius 2 is 1.90 bits per heavy atom. The quantitative estimate of drug-likeness (QED) is 0.915. The zero-order valence-electron chi connectivity index (χ0n) is 11.9. The summed E-state index contributed by atoms with van der Waals surface area (Å²) in [4.78, 5) is 0.325. The Bertz CT molecular complexity index is 770. The highest BCUT2D eigenvalue weighted by Gasteiger charge is 2.20. The number of rotatable bonds is 3. The minimum absolute atomic E-state index is 0.325. The van der Waals surface area contributed by atoms with Gasteiger partial charge in [-0.15, -0.1) is 0 Å². The Balaban J connectivity index is 1.99. The maximum atomic E-state index is 12.6. The zero-order chi connectivity index (χ0) is 14.9. The summed E-state index contributed by atoms with van der Waals surface area (Å²) >= 11 is 0. The molecule has 0 saturated carbocycles. The summed E-state index contributed by atoms with van der Waals surface area (Å²) in [7, 11) is -3.56. The molecule has 5 heteroatoms. The summed E-state index contributed by atoms with van der Waals surface area (Å²) in [5.74, 6) is 0. The molecule has 0 bridgehead atoms. The van der Waals surface area contributed by atoms with E-state index in [2.05, 4.69) is 10.0 Å². The van der Waals surface area contributed by atoms with Crippen molar-refractivity contribution in [2.75, 3.05) is 16.6 Å². The third-order valence-electron chi connectivity index (χ3n) is 3.72. The molecule has 110 valence electrons. The first-order chi connectivity index (χ1) is 10.1. The standard InChI is InChI=1S/C16H18N2O2S/c1-12-6-2-3-10-16(12)21(19,20)18-15-9-4-8-14-13(15)7-5-11-17-14/h2-4,6,8-10,17-18H,5,7,11H2,1H3. The third-order valence-corrected chi connectivity index (χ3v) is 5.25. The lowest BCUT2D eigenvalue weighted by Crippen LogP contribution is -2.18. The molecule has 0 radical (unpaired) electrons. The van der Waals surface area contributed by atoms with Crippen molar-refractivity contribution in [2.45, 2.75) is 24.7 Å². The molecule has 0 atom stereocenters. The summed E-state index contributed by atoms with van der Waals surface area (Å²) in [6.45, 7) is 2.73. The van der Waals surface area contributed by atoms with Crippen LogP contribution < -0.4 is 10.0 Å². The van der Waals surface area contributed by atoms with Crippen LogP contribution in [0.1, 0.15) is 17.5 Å². The highest BCUT2D eigenvalue weighted by Crippen LogP contribution is 2.30. The number of hydrogen-bond donors (Lipinski definition) is 2. The lowest BCUT2D eigenvalue weighted by atomic mass is 10.0. The predicted molar refractivity (Wildman–Crippen MR) is 85.2 cm³/mol. The van der Waals surface area contributed by atoms with Crippen LogP contribution in [0.15, 0.2) is 47.4 Å². The molecule has 2 aromatic carbocycles. The maximum Gasteiger partial charge on any atom is 0.262 e. The summed E-state index contributed by atoms with van der Waals surface area (Å²) in [5, 5.41) is 3.31. The topological polar surface area (TPSA) is 58.2 Å². The molecule has 0 spiro atoms. The molecule has 2 aromatic rings. The second-order valence-electron chi connectivity index (χ2n) is 5.23. The van der Waals surface area contributed by atoms with E-state index in [0.717, 1.165) is 36.2 Å². The van der Waals surface area contributed by atoms with Crippen molar-refractivity contribution >= 4 is 21.4 Å². The van der Waals surface area contributed by atoms with Gasteiger partial charge >= 0.3 is 0 Å². The lowest BCUT2D eigenvalue weighted by molar-refractivity contribution is 0.600. The Kier molecular flexibility index (Phi) is 3.59. The van der Waals surface area contributed by atoms with Crippen molar-refractivity contribution in [3.05, 3.63) is 53.6 Å². The molecule has 2 N–H and O–H groups in total. The molecule has 0 amide bonds. The fourth-order valence-corrected chi connectivity index (χ4v) is 4.00. The van der Waals surface area contributed by atoms with Gasteiger partial charge in [0.2, 0.25) is 0 Å². The summed E-state index contributed by atoms with van der Waals surface area (Å²) in [6, 6.07) is 12.7.